The van der Waals surface area contributed by atoms with Gasteiger partial charge in [0, 0.05) is 43.9 Å². The van der Waals surface area contributed by atoms with Crippen LogP contribution in [0.25, 0.3) is 10.9 Å². The van der Waals surface area contributed by atoms with Gasteiger partial charge in [-0.2, -0.15) is 13.9 Å². The third-order valence-corrected chi connectivity index (χ3v) is 5.88. The Balaban J connectivity index is 1.81. The van der Waals surface area contributed by atoms with Crippen LogP contribution in [0, 0.1) is 0 Å². The first-order chi connectivity index (χ1) is 16.2. The van der Waals surface area contributed by atoms with E-state index in [1.807, 2.05) is 0 Å². The average Bonchev–Trinajstić information content (AvgIpc) is 3.26. The van der Waals surface area contributed by atoms with E-state index in [-0.39, 0.29) is 28.3 Å². The topological polar surface area (TPSA) is 69.0 Å². The molecule has 4 rings (SSSR count). The van der Waals surface area contributed by atoms with Crippen LogP contribution in [0.5, 0.6) is 5.75 Å². The summed E-state index contributed by atoms with van der Waals surface area (Å²) < 4.78 is 37.6. The van der Waals surface area contributed by atoms with Crippen LogP contribution in [0.2, 0.25) is 10.0 Å². The first-order valence-corrected chi connectivity index (χ1v) is 11.3. The lowest BCUT2D eigenvalue weighted by Gasteiger charge is -2.22. The van der Waals surface area contributed by atoms with Crippen molar-refractivity contribution in [3.05, 3.63) is 51.6 Å². The highest BCUT2D eigenvalue weighted by molar-refractivity contribution is 6.36. The summed E-state index contributed by atoms with van der Waals surface area (Å²) >= 11 is 12.5. The van der Waals surface area contributed by atoms with E-state index < -0.39 is 12.4 Å². The van der Waals surface area contributed by atoms with E-state index in [0.717, 1.165) is 19.3 Å². The molecule has 1 saturated heterocycles. The molecule has 1 aliphatic rings. The van der Waals surface area contributed by atoms with Crippen molar-refractivity contribution >= 4 is 51.9 Å². The van der Waals surface area contributed by atoms with Gasteiger partial charge >= 0.3 is 6.61 Å². The summed E-state index contributed by atoms with van der Waals surface area (Å²) in [6.45, 7) is -2.44. The van der Waals surface area contributed by atoms with Gasteiger partial charge in [-0.15, -0.1) is 0 Å². The number of ketones is 1. The molecular formula is C23H22Cl2F2N4O3. The Kier molecular flexibility index (Phi) is 7.35. The first kappa shape index (κ1) is 24.4. The van der Waals surface area contributed by atoms with Gasteiger partial charge < -0.3 is 14.4 Å². The Morgan fingerprint density at radius 2 is 2.06 bits per heavy atom. The molecule has 180 valence electrons. The molecule has 0 amide bonds. The predicted octanol–water partition coefficient (Wildman–Crippen LogP) is 6.10. The monoisotopic (exact) mass is 510 g/mol. The fraction of sp³-hybridized carbons (Fsp3) is 0.348. The number of aromatic nitrogens is 2. The van der Waals surface area contributed by atoms with Crippen molar-refractivity contribution in [2.24, 2.45) is 4.99 Å². The normalized spacial score (nSPS) is 16.5. The molecule has 1 aliphatic heterocycles. The number of hydrogen-bond donors (Lipinski definition) is 0. The van der Waals surface area contributed by atoms with Crippen LogP contribution in [0.15, 0.2) is 35.5 Å². The van der Waals surface area contributed by atoms with Crippen LogP contribution in [-0.2, 0) is 4.74 Å². The van der Waals surface area contributed by atoms with E-state index in [0.29, 0.717) is 28.1 Å². The molecule has 1 fully saturated rings. The highest BCUT2D eigenvalue weighted by atomic mass is 35.5. The van der Waals surface area contributed by atoms with E-state index in [1.54, 1.807) is 42.0 Å². The van der Waals surface area contributed by atoms with Crippen LogP contribution in [0.1, 0.15) is 41.4 Å². The summed E-state index contributed by atoms with van der Waals surface area (Å²) in [6, 6.07) is 5.68. The minimum absolute atomic E-state index is 0.120. The molecule has 1 atom stereocenters. The molecule has 0 saturated carbocycles. The first-order valence-electron chi connectivity index (χ1n) is 10.6. The number of alkyl halides is 2. The fourth-order valence-electron chi connectivity index (χ4n) is 3.71. The summed E-state index contributed by atoms with van der Waals surface area (Å²) in [6.07, 6.45) is 5.76. The van der Waals surface area contributed by atoms with Crippen molar-refractivity contribution in [1.29, 1.82) is 0 Å². The molecule has 0 N–H and O–H groups in total. The van der Waals surface area contributed by atoms with Gasteiger partial charge in [-0.05, 0) is 37.5 Å². The van der Waals surface area contributed by atoms with E-state index in [1.165, 1.54) is 18.5 Å². The Morgan fingerprint density at radius 1 is 1.26 bits per heavy atom. The van der Waals surface area contributed by atoms with E-state index >= 15 is 0 Å². The highest BCUT2D eigenvalue weighted by Crippen LogP contribution is 2.37. The molecule has 7 nitrogen and oxygen atoms in total. The lowest BCUT2D eigenvalue weighted by atomic mass is 9.98. The minimum atomic E-state index is -3.08. The quantitative estimate of drug-likeness (QED) is 0.218. The second-order valence-electron chi connectivity index (χ2n) is 8.00. The van der Waals surface area contributed by atoms with Crippen molar-refractivity contribution in [3.8, 4) is 5.75 Å². The van der Waals surface area contributed by atoms with Crippen molar-refractivity contribution in [2.45, 2.75) is 32.1 Å². The van der Waals surface area contributed by atoms with Gasteiger partial charge in [0.25, 0.3) is 0 Å². The predicted molar refractivity (Wildman–Crippen MR) is 127 cm³/mol. The maximum Gasteiger partial charge on any atom is 0.387 e. The Bertz CT molecular complexity index is 1240. The minimum Gasteiger partial charge on any atom is -0.433 e. The van der Waals surface area contributed by atoms with Crippen LogP contribution in [-0.4, -0.2) is 54.1 Å². The lowest BCUT2D eigenvalue weighted by molar-refractivity contribution is -0.0497. The standard InChI is InChI=1S/C23H22Cl2F2N4O3/c1-30(2)12-28-18-10-19(34-23(26)27)17(25)9-14(18)22(32)13-6-7-16(24)21-15(13)11-31(29-21)20-5-3-4-8-33-20/h6-7,9-12,20,23H,3-5,8H2,1-2H3. The Hall–Kier alpha value is -2.75. The van der Waals surface area contributed by atoms with Crippen molar-refractivity contribution < 1.29 is 23.0 Å². The maximum atomic E-state index is 13.7. The number of benzene rings is 2. The molecule has 0 aliphatic carbocycles. The van der Waals surface area contributed by atoms with Gasteiger partial charge in [-0.3, -0.25) is 4.79 Å². The molecule has 3 aromatic rings. The largest absolute Gasteiger partial charge is 0.433 e. The third-order valence-electron chi connectivity index (χ3n) is 5.28. The summed E-state index contributed by atoms with van der Waals surface area (Å²) in [5.74, 6) is -0.690. The van der Waals surface area contributed by atoms with Gasteiger partial charge in [0.1, 0.15) is 17.5 Å². The smallest absolute Gasteiger partial charge is 0.387 e. The summed E-state index contributed by atoms with van der Waals surface area (Å²) in [4.78, 5) is 19.6. The number of fused-ring (bicyclic) bond motifs is 1. The van der Waals surface area contributed by atoms with Gasteiger partial charge in [-0.1, -0.05) is 23.2 Å². The van der Waals surface area contributed by atoms with Crippen LogP contribution in [0.3, 0.4) is 0 Å². The molecule has 1 unspecified atom stereocenters. The van der Waals surface area contributed by atoms with E-state index in [2.05, 4.69) is 14.8 Å². The summed E-state index contributed by atoms with van der Waals surface area (Å²) in [7, 11) is 3.48. The molecule has 2 aromatic carbocycles. The van der Waals surface area contributed by atoms with Gasteiger partial charge in [-0.25, -0.2) is 9.67 Å². The van der Waals surface area contributed by atoms with Gasteiger partial charge in [0.2, 0.25) is 0 Å². The van der Waals surface area contributed by atoms with Gasteiger partial charge in [0.15, 0.2) is 5.78 Å². The second kappa shape index (κ2) is 10.2. The number of ether oxygens (including phenoxy) is 2. The van der Waals surface area contributed by atoms with Crippen molar-refractivity contribution in [2.75, 3.05) is 20.7 Å². The molecule has 2 heterocycles. The highest BCUT2D eigenvalue weighted by Gasteiger charge is 2.24. The Labute approximate surface area is 204 Å². The van der Waals surface area contributed by atoms with E-state index in [9.17, 15) is 13.6 Å². The number of carbonyl (C=O) groups is 1. The van der Waals surface area contributed by atoms with Crippen LogP contribution in [0.4, 0.5) is 14.5 Å². The summed E-state index contributed by atoms with van der Waals surface area (Å²) in [5, 5.41) is 5.36. The molecule has 0 spiro atoms. The Morgan fingerprint density at radius 3 is 2.74 bits per heavy atom. The number of hydrogen-bond acceptors (Lipinski definition) is 5. The SMILES string of the molecule is CN(C)C=Nc1cc(OC(F)F)c(Cl)cc1C(=O)c1ccc(Cl)c2nn(C3CCCCO3)cc12. The summed E-state index contributed by atoms with van der Waals surface area (Å²) in [5.41, 5.74) is 1.03. The second-order valence-corrected chi connectivity index (χ2v) is 8.82. The molecule has 11 heteroatoms. The van der Waals surface area contributed by atoms with Crippen molar-refractivity contribution in [1.82, 2.24) is 14.7 Å². The number of nitrogens with zero attached hydrogens (tertiary/aromatic N) is 4. The maximum absolute atomic E-state index is 13.7. The van der Waals surface area contributed by atoms with Crippen molar-refractivity contribution in [3.63, 3.8) is 0 Å². The zero-order valence-corrected chi connectivity index (χ0v) is 20.0. The molecule has 0 radical (unpaired) electrons. The van der Waals surface area contributed by atoms with Crippen LogP contribution >= 0.6 is 23.2 Å². The fourth-order valence-corrected chi connectivity index (χ4v) is 4.12. The molecule has 34 heavy (non-hydrogen) atoms. The lowest BCUT2D eigenvalue weighted by Crippen LogP contribution is -2.18. The zero-order valence-electron chi connectivity index (χ0n) is 18.5. The van der Waals surface area contributed by atoms with Gasteiger partial charge in [0.05, 0.1) is 27.6 Å². The third kappa shape index (κ3) is 5.16. The average molecular weight is 511 g/mol. The molecular weight excluding hydrogens is 489 g/mol. The zero-order chi connectivity index (χ0) is 24.4. The number of halogens is 4. The number of carbonyl (C=O) groups excluding carboxylic acids is 1. The number of rotatable bonds is 7. The molecule has 0 bridgehead atoms. The number of aliphatic imine (C=N–C) groups is 1. The van der Waals surface area contributed by atoms with E-state index in [4.69, 9.17) is 27.9 Å². The molecule has 1 aromatic heterocycles. The van der Waals surface area contributed by atoms with Crippen LogP contribution < -0.4 is 4.74 Å².